The van der Waals surface area contributed by atoms with Crippen LogP contribution in [0.15, 0.2) is 36.5 Å². The second kappa shape index (κ2) is 8.54. The lowest BCUT2D eigenvalue weighted by atomic mass is 10.2. The van der Waals surface area contributed by atoms with Gasteiger partial charge in [-0.15, -0.1) is 0 Å². The number of hydrogen-bond donors (Lipinski definition) is 1. The molecule has 0 atom stereocenters. The molecule has 0 aliphatic carbocycles. The Labute approximate surface area is 155 Å². The molecule has 1 N–H and O–H groups in total. The van der Waals surface area contributed by atoms with Crippen molar-refractivity contribution in [1.82, 2.24) is 4.98 Å². The molecule has 1 aromatic carbocycles. The van der Waals surface area contributed by atoms with Crippen molar-refractivity contribution in [2.75, 3.05) is 18.5 Å². The van der Waals surface area contributed by atoms with E-state index in [0.29, 0.717) is 19.1 Å². The van der Waals surface area contributed by atoms with Crippen molar-refractivity contribution in [3.63, 3.8) is 0 Å². The molecule has 0 radical (unpaired) electrons. The molecule has 27 heavy (non-hydrogen) atoms. The Hall–Kier alpha value is -3.07. The van der Waals surface area contributed by atoms with Crippen molar-refractivity contribution in [3.05, 3.63) is 58.0 Å². The number of halogens is 1. The SMILES string of the molecule is CC(C)(C)OCCOc1ccc(C(=O)Nc2ccc(F)c([N+](=O)[O-])c2)cn1. The number of aromatic nitrogens is 1. The quantitative estimate of drug-likeness (QED) is 0.449. The van der Waals surface area contributed by atoms with Crippen LogP contribution in [0.1, 0.15) is 31.1 Å². The molecule has 9 heteroatoms. The van der Waals surface area contributed by atoms with E-state index in [1.807, 2.05) is 20.8 Å². The molecule has 0 unspecified atom stereocenters. The van der Waals surface area contributed by atoms with Crippen molar-refractivity contribution in [3.8, 4) is 5.88 Å². The van der Waals surface area contributed by atoms with Crippen LogP contribution in [-0.4, -0.2) is 34.6 Å². The Morgan fingerprint density at radius 2 is 2.00 bits per heavy atom. The number of amides is 1. The highest BCUT2D eigenvalue weighted by molar-refractivity contribution is 6.04. The highest BCUT2D eigenvalue weighted by atomic mass is 19.1. The third-order valence-corrected chi connectivity index (χ3v) is 3.27. The van der Waals surface area contributed by atoms with Gasteiger partial charge in [-0.25, -0.2) is 4.98 Å². The van der Waals surface area contributed by atoms with Crippen molar-refractivity contribution >= 4 is 17.3 Å². The van der Waals surface area contributed by atoms with E-state index >= 15 is 0 Å². The molecule has 0 saturated heterocycles. The molecule has 0 aliphatic rings. The first-order valence-corrected chi connectivity index (χ1v) is 8.14. The molecule has 0 aliphatic heterocycles. The summed E-state index contributed by atoms with van der Waals surface area (Å²) in [6, 6.07) is 6.13. The summed E-state index contributed by atoms with van der Waals surface area (Å²) in [7, 11) is 0. The predicted molar refractivity (Wildman–Crippen MR) is 96.4 cm³/mol. The highest BCUT2D eigenvalue weighted by Crippen LogP contribution is 2.22. The molecule has 0 bridgehead atoms. The number of rotatable bonds is 7. The molecule has 0 saturated carbocycles. The zero-order valence-electron chi connectivity index (χ0n) is 15.2. The van der Waals surface area contributed by atoms with E-state index < -0.39 is 22.3 Å². The van der Waals surface area contributed by atoms with Crippen LogP contribution < -0.4 is 10.1 Å². The molecule has 144 valence electrons. The number of nitrogens with one attached hydrogen (secondary N) is 1. The van der Waals surface area contributed by atoms with Crippen LogP contribution in [0.4, 0.5) is 15.8 Å². The van der Waals surface area contributed by atoms with Gasteiger partial charge in [-0.3, -0.25) is 14.9 Å². The first-order valence-electron chi connectivity index (χ1n) is 8.14. The van der Waals surface area contributed by atoms with Crippen molar-refractivity contribution < 1.29 is 23.6 Å². The summed E-state index contributed by atoms with van der Waals surface area (Å²) in [4.78, 5) is 26.1. The molecule has 1 aromatic heterocycles. The van der Waals surface area contributed by atoms with Gasteiger partial charge in [0.05, 0.1) is 22.7 Å². The van der Waals surface area contributed by atoms with Crippen LogP contribution in [0.2, 0.25) is 0 Å². The number of benzene rings is 1. The van der Waals surface area contributed by atoms with E-state index in [0.717, 1.165) is 12.1 Å². The van der Waals surface area contributed by atoms with E-state index in [9.17, 15) is 19.3 Å². The monoisotopic (exact) mass is 377 g/mol. The van der Waals surface area contributed by atoms with Gasteiger partial charge in [0, 0.05) is 24.0 Å². The first-order chi connectivity index (χ1) is 12.7. The van der Waals surface area contributed by atoms with Gasteiger partial charge in [-0.1, -0.05) is 0 Å². The number of nitro benzene ring substituents is 1. The number of pyridine rings is 1. The van der Waals surface area contributed by atoms with Crippen molar-refractivity contribution in [2.24, 2.45) is 0 Å². The van der Waals surface area contributed by atoms with Crippen LogP contribution in [0.5, 0.6) is 5.88 Å². The Balaban J connectivity index is 1.94. The maximum absolute atomic E-state index is 13.3. The number of carbonyl (C=O) groups is 1. The van der Waals surface area contributed by atoms with E-state index in [1.54, 1.807) is 0 Å². The van der Waals surface area contributed by atoms with Crippen LogP contribution in [0.25, 0.3) is 0 Å². The molecule has 0 spiro atoms. The molecule has 2 aromatic rings. The number of nitro groups is 1. The average molecular weight is 377 g/mol. The second-order valence-electron chi connectivity index (χ2n) is 6.57. The van der Waals surface area contributed by atoms with Gasteiger partial charge in [0.15, 0.2) is 0 Å². The Morgan fingerprint density at radius 3 is 2.59 bits per heavy atom. The number of anilines is 1. The average Bonchev–Trinajstić information content (AvgIpc) is 2.60. The minimum absolute atomic E-state index is 0.104. The van der Waals surface area contributed by atoms with Gasteiger partial charge in [0.2, 0.25) is 11.7 Å². The van der Waals surface area contributed by atoms with Crippen molar-refractivity contribution in [1.29, 1.82) is 0 Å². The Morgan fingerprint density at radius 1 is 1.26 bits per heavy atom. The molecular weight excluding hydrogens is 357 g/mol. The third-order valence-electron chi connectivity index (χ3n) is 3.27. The molecular formula is C18H20FN3O5. The predicted octanol–water partition coefficient (Wildman–Crippen LogP) is 3.58. The van der Waals surface area contributed by atoms with E-state index in [2.05, 4.69) is 10.3 Å². The van der Waals surface area contributed by atoms with Gasteiger partial charge in [-0.2, -0.15) is 4.39 Å². The maximum Gasteiger partial charge on any atom is 0.306 e. The zero-order chi connectivity index (χ0) is 20.0. The van der Waals surface area contributed by atoms with E-state index in [-0.39, 0.29) is 16.9 Å². The Kier molecular flexibility index (Phi) is 6.40. The number of nitrogens with zero attached hydrogens (tertiary/aromatic N) is 2. The van der Waals surface area contributed by atoms with E-state index in [1.165, 1.54) is 24.4 Å². The van der Waals surface area contributed by atoms with Crippen LogP contribution in [0, 0.1) is 15.9 Å². The van der Waals surface area contributed by atoms with Crippen LogP contribution in [0.3, 0.4) is 0 Å². The number of carbonyl (C=O) groups excluding carboxylic acids is 1. The smallest absolute Gasteiger partial charge is 0.306 e. The fourth-order valence-corrected chi connectivity index (χ4v) is 2.03. The Bertz CT molecular complexity index is 819. The zero-order valence-corrected chi connectivity index (χ0v) is 15.2. The van der Waals surface area contributed by atoms with Crippen LogP contribution >= 0.6 is 0 Å². The normalized spacial score (nSPS) is 11.1. The summed E-state index contributed by atoms with van der Waals surface area (Å²) >= 11 is 0. The largest absolute Gasteiger partial charge is 0.475 e. The summed E-state index contributed by atoms with van der Waals surface area (Å²) in [5.41, 5.74) is -0.645. The summed E-state index contributed by atoms with van der Waals surface area (Å²) in [5.74, 6) is -1.18. The van der Waals surface area contributed by atoms with Gasteiger partial charge >= 0.3 is 5.69 Å². The minimum atomic E-state index is -0.975. The molecule has 1 heterocycles. The number of hydrogen-bond acceptors (Lipinski definition) is 6. The fourth-order valence-electron chi connectivity index (χ4n) is 2.03. The molecule has 0 fully saturated rings. The summed E-state index contributed by atoms with van der Waals surface area (Å²) < 4.78 is 24.3. The third kappa shape index (κ3) is 6.30. The summed E-state index contributed by atoms with van der Waals surface area (Å²) in [6.45, 7) is 6.53. The lowest BCUT2D eigenvalue weighted by molar-refractivity contribution is -0.387. The van der Waals surface area contributed by atoms with Gasteiger partial charge in [0.1, 0.15) is 6.61 Å². The van der Waals surface area contributed by atoms with Gasteiger partial charge < -0.3 is 14.8 Å². The standard InChI is InChI=1S/C18H20FN3O5/c1-18(2,3)27-9-8-26-16-7-4-12(11-20-16)17(23)21-13-5-6-14(19)15(10-13)22(24)25/h4-7,10-11H,8-9H2,1-3H3,(H,21,23). The van der Waals surface area contributed by atoms with Crippen molar-refractivity contribution in [2.45, 2.75) is 26.4 Å². The maximum atomic E-state index is 13.3. The van der Waals surface area contributed by atoms with Crippen LogP contribution in [-0.2, 0) is 4.74 Å². The summed E-state index contributed by atoms with van der Waals surface area (Å²) in [6.07, 6.45) is 1.31. The first kappa shape index (κ1) is 20.2. The topological polar surface area (TPSA) is 104 Å². The number of ether oxygens (including phenoxy) is 2. The lowest BCUT2D eigenvalue weighted by Gasteiger charge is -2.19. The van der Waals surface area contributed by atoms with Gasteiger partial charge in [0.25, 0.3) is 5.91 Å². The molecule has 8 nitrogen and oxygen atoms in total. The minimum Gasteiger partial charge on any atom is -0.475 e. The van der Waals surface area contributed by atoms with E-state index in [4.69, 9.17) is 9.47 Å². The van der Waals surface area contributed by atoms with Gasteiger partial charge in [-0.05, 0) is 39.0 Å². The highest BCUT2D eigenvalue weighted by Gasteiger charge is 2.16. The fraction of sp³-hybridized carbons (Fsp3) is 0.333. The lowest BCUT2D eigenvalue weighted by Crippen LogP contribution is -2.22. The molecule has 2 rings (SSSR count). The second-order valence-corrected chi connectivity index (χ2v) is 6.57. The molecule has 1 amide bonds. The summed E-state index contributed by atoms with van der Waals surface area (Å²) in [5, 5.41) is 13.2.